The number of amides is 3. The fourth-order valence-electron chi connectivity index (χ4n) is 5.44. The number of aliphatic hydroxyl groups excluding tert-OH is 1. The van der Waals surface area contributed by atoms with E-state index < -0.39 is 18.1 Å². The molecule has 3 amide bonds. The first kappa shape index (κ1) is 36.1. The standard InChI is InChI=1S/C36H48N4O6/c1-4-13-40(14-5-2)36(45)22-29-16-27(20-34(37)43)15-28(17-29)21-35(44)39-32(19-25-9-11-30(41)12-10-25)33(42)24-38-23-26-7-6-8-31(18-26)46-3/h6-12,15-18,32-33,38,41-42H,4-5,13-14,19-24H2,1-3H3,(H2,37,43)(H,39,44)/t32-,33+/m0/s1. The summed E-state index contributed by atoms with van der Waals surface area (Å²) in [6.07, 6.45) is 1.24. The van der Waals surface area contributed by atoms with E-state index in [0.29, 0.717) is 42.7 Å². The highest BCUT2D eigenvalue weighted by atomic mass is 16.5. The Morgan fingerprint density at radius 3 is 2.09 bits per heavy atom. The molecular formula is C36H48N4O6. The van der Waals surface area contributed by atoms with Crippen molar-refractivity contribution < 1.29 is 29.3 Å². The molecule has 0 radical (unpaired) electrons. The number of hydrogen-bond donors (Lipinski definition) is 5. The Morgan fingerprint density at radius 1 is 0.848 bits per heavy atom. The van der Waals surface area contributed by atoms with Gasteiger partial charge in [0.2, 0.25) is 17.7 Å². The SMILES string of the molecule is CCCN(CCC)C(=O)Cc1cc(CC(N)=O)cc(CC(=O)N[C@@H](Cc2ccc(O)cc2)[C@H](O)CNCc2cccc(OC)c2)c1. The maximum atomic E-state index is 13.4. The predicted octanol–water partition coefficient (Wildman–Crippen LogP) is 3.04. The molecule has 3 aromatic carbocycles. The van der Waals surface area contributed by atoms with Gasteiger partial charge in [0.15, 0.2) is 0 Å². The van der Waals surface area contributed by atoms with Crippen molar-refractivity contribution in [3.63, 3.8) is 0 Å². The van der Waals surface area contributed by atoms with Crippen LogP contribution >= 0.6 is 0 Å². The van der Waals surface area contributed by atoms with Crippen LogP contribution < -0.4 is 21.1 Å². The fourth-order valence-corrected chi connectivity index (χ4v) is 5.44. The van der Waals surface area contributed by atoms with Gasteiger partial charge in [0.1, 0.15) is 11.5 Å². The second-order valence-corrected chi connectivity index (χ2v) is 11.6. The Balaban J connectivity index is 1.75. The lowest BCUT2D eigenvalue weighted by atomic mass is 9.98. The number of primary amides is 1. The topological polar surface area (TPSA) is 154 Å². The van der Waals surface area contributed by atoms with Crippen molar-refractivity contribution >= 4 is 17.7 Å². The van der Waals surface area contributed by atoms with Gasteiger partial charge in [-0.2, -0.15) is 0 Å². The first-order chi connectivity index (χ1) is 22.1. The molecule has 0 bridgehead atoms. The van der Waals surface area contributed by atoms with Crippen LogP contribution in [0.1, 0.15) is 54.5 Å². The highest BCUT2D eigenvalue weighted by Gasteiger charge is 2.23. The minimum Gasteiger partial charge on any atom is -0.508 e. The average molecular weight is 633 g/mol. The van der Waals surface area contributed by atoms with Gasteiger partial charge >= 0.3 is 0 Å². The van der Waals surface area contributed by atoms with Crippen molar-refractivity contribution in [3.8, 4) is 11.5 Å². The van der Waals surface area contributed by atoms with Gasteiger partial charge in [-0.1, -0.05) is 56.3 Å². The summed E-state index contributed by atoms with van der Waals surface area (Å²) in [7, 11) is 1.61. The Morgan fingerprint density at radius 2 is 1.48 bits per heavy atom. The molecule has 10 nitrogen and oxygen atoms in total. The van der Waals surface area contributed by atoms with E-state index in [1.54, 1.807) is 43.5 Å². The zero-order valence-electron chi connectivity index (χ0n) is 27.1. The smallest absolute Gasteiger partial charge is 0.226 e. The molecule has 6 N–H and O–H groups in total. The molecule has 248 valence electrons. The van der Waals surface area contributed by atoms with Crippen LogP contribution in [0.2, 0.25) is 0 Å². The molecule has 46 heavy (non-hydrogen) atoms. The quantitative estimate of drug-likeness (QED) is 0.136. The number of phenolic OH excluding ortho intramolecular Hbond substituents is 1. The Labute approximate surface area is 272 Å². The number of carbonyl (C=O) groups is 3. The van der Waals surface area contributed by atoms with Crippen molar-refractivity contribution in [3.05, 3.63) is 94.5 Å². The number of nitrogens with two attached hydrogens (primary N) is 1. The molecule has 0 spiro atoms. The summed E-state index contributed by atoms with van der Waals surface area (Å²) in [5.41, 5.74) is 9.30. The summed E-state index contributed by atoms with van der Waals surface area (Å²) in [5, 5.41) is 27.2. The number of phenols is 1. The lowest BCUT2D eigenvalue weighted by molar-refractivity contribution is -0.130. The number of methoxy groups -OCH3 is 1. The van der Waals surface area contributed by atoms with Crippen molar-refractivity contribution in [2.24, 2.45) is 5.73 Å². The van der Waals surface area contributed by atoms with Gasteiger partial charge in [0, 0.05) is 26.2 Å². The van der Waals surface area contributed by atoms with Gasteiger partial charge in [0.05, 0.1) is 38.5 Å². The first-order valence-electron chi connectivity index (χ1n) is 15.9. The van der Waals surface area contributed by atoms with E-state index in [0.717, 1.165) is 29.7 Å². The van der Waals surface area contributed by atoms with Crippen molar-refractivity contribution in [1.82, 2.24) is 15.5 Å². The largest absolute Gasteiger partial charge is 0.508 e. The number of hydrogen-bond acceptors (Lipinski definition) is 7. The zero-order chi connectivity index (χ0) is 33.5. The number of carbonyl (C=O) groups excluding carboxylic acids is 3. The zero-order valence-corrected chi connectivity index (χ0v) is 27.1. The maximum Gasteiger partial charge on any atom is 0.226 e. The van der Waals surface area contributed by atoms with Gasteiger partial charge in [-0.3, -0.25) is 14.4 Å². The third-order valence-corrected chi connectivity index (χ3v) is 7.57. The number of nitrogens with zero attached hydrogens (tertiary/aromatic N) is 1. The van der Waals surface area contributed by atoms with Gasteiger partial charge in [0.25, 0.3) is 0 Å². The monoisotopic (exact) mass is 632 g/mol. The Kier molecular flexibility index (Phi) is 14.5. The molecule has 3 rings (SSSR count). The summed E-state index contributed by atoms with van der Waals surface area (Å²) in [5.74, 6) is 0.0408. The number of benzene rings is 3. The normalized spacial score (nSPS) is 12.3. The van der Waals surface area contributed by atoms with Crippen LogP contribution in [0.15, 0.2) is 66.7 Å². The van der Waals surface area contributed by atoms with Crippen molar-refractivity contribution in [2.75, 3.05) is 26.7 Å². The molecule has 0 saturated heterocycles. The second-order valence-electron chi connectivity index (χ2n) is 11.6. The lowest BCUT2D eigenvalue weighted by Crippen LogP contribution is -2.49. The molecule has 0 unspecified atom stereocenters. The lowest BCUT2D eigenvalue weighted by Gasteiger charge is -2.25. The summed E-state index contributed by atoms with van der Waals surface area (Å²) >= 11 is 0. The van der Waals surface area contributed by atoms with Crippen LogP contribution in [0, 0.1) is 0 Å². The Hall–Kier alpha value is -4.41. The van der Waals surface area contributed by atoms with E-state index in [1.807, 2.05) is 49.1 Å². The number of nitrogens with one attached hydrogen (secondary N) is 2. The van der Waals surface area contributed by atoms with Crippen molar-refractivity contribution in [1.29, 1.82) is 0 Å². The fraction of sp³-hybridized carbons (Fsp3) is 0.417. The van der Waals surface area contributed by atoms with Crippen LogP contribution in [-0.4, -0.2) is 71.7 Å². The first-order valence-corrected chi connectivity index (χ1v) is 15.9. The van der Waals surface area contributed by atoms with Gasteiger partial charge in [-0.15, -0.1) is 0 Å². The molecule has 0 fully saturated rings. The summed E-state index contributed by atoms with van der Waals surface area (Å²) in [6, 6.07) is 19.0. The number of rotatable bonds is 19. The second kappa shape index (κ2) is 18.5. The molecule has 0 saturated carbocycles. The number of aromatic hydroxyl groups is 1. The third-order valence-electron chi connectivity index (χ3n) is 7.57. The molecular weight excluding hydrogens is 584 g/mol. The summed E-state index contributed by atoms with van der Waals surface area (Å²) in [6.45, 7) is 6.11. The van der Waals surface area contributed by atoms with Crippen molar-refractivity contribution in [2.45, 2.75) is 71.1 Å². The van der Waals surface area contributed by atoms with E-state index in [9.17, 15) is 24.6 Å². The molecule has 0 aromatic heterocycles. The van der Waals surface area contributed by atoms with Crippen LogP contribution in [0.4, 0.5) is 0 Å². The predicted molar refractivity (Wildman–Crippen MR) is 178 cm³/mol. The van der Waals surface area contributed by atoms with E-state index >= 15 is 0 Å². The minimum absolute atomic E-state index is 0.00569. The van der Waals surface area contributed by atoms with E-state index in [4.69, 9.17) is 10.5 Å². The van der Waals surface area contributed by atoms with E-state index in [2.05, 4.69) is 10.6 Å². The molecule has 0 heterocycles. The Bertz CT molecular complexity index is 1420. The van der Waals surface area contributed by atoms with Gasteiger partial charge in [-0.05, 0) is 71.3 Å². The van der Waals surface area contributed by atoms with E-state index in [1.165, 1.54) is 0 Å². The summed E-state index contributed by atoms with van der Waals surface area (Å²) in [4.78, 5) is 40.1. The molecule has 0 aliphatic carbocycles. The highest BCUT2D eigenvalue weighted by molar-refractivity contribution is 5.81. The molecule has 0 aliphatic heterocycles. The molecule has 2 atom stereocenters. The maximum absolute atomic E-state index is 13.4. The third kappa shape index (κ3) is 12.2. The van der Waals surface area contributed by atoms with Crippen LogP contribution in [0.25, 0.3) is 0 Å². The molecule has 0 aliphatic rings. The number of aliphatic hydroxyl groups is 1. The van der Waals surface area contributed by atoms with Crippen LogP contribution in [0.3, 0.4) is 0 Å². The van der Waals surface area contributed by atoms with E-state index in [-0.39, 0.29) is 43.4 Å². The molecule has 3 aromatic rings. The molecule has 10 heteroatoms. The summed E-state index contributed by atoms with van der Waals surface area (Å²) < 4.78 is 5.29. The minimum atomic E-state index is -0.930. The van der Waals surface area contributed by atoms with Gasteiger partial charge < -0.3 is 36.2 Å². The average Bonchev–Trinajstić information content (AvgIpc) is 3.01. The number of ether oxygens (including phenoxy) is 1. The van der Waals surface area contributed by atoms with Crippen LogP contribution in [-0.2, 0) is 46.6 Å². The highest BCUT2D eigenvalue weighted by Crippen LogP contribution is 2.17. The van der Waals surface area contributed by atoms with Gasteiger partial charge in [-0.25, -0.2) is 0 Å². The van der Waals surface area contributed by atoms with Crippen LogP contribution in [0.5, 0.6) is 11.5 Å².